The van der Waals surface area contributed by atoms with Gasteiger partial charge in [-0.05, 0) is 49.4 Å². The molecule has 0 saturated heterocycles. The fourth-order valence-electron chi connectivity index (χ4n) is 4.07. The van der Waals surface area contributed by atoms with Crippen LogP contribution in [0.25, 0.3) is 0 Å². The molecule has 0 bridgehead atoms. The summed E-state index contributed by atoms with van der Waals surface area (Å²) in [5.41, 5.74) is 0. The number of hydrogen-bond donors (Lipinski definition) is 0. The minimum Gasteiger partial charge on any atom is -0.0882 e. The molecule has 3 aliphatic carbocycles. The quantitative estimate of drug-likeness (QED) is 0.493. The molecule has 0 aromatic rings. The predicted molar refractivity (Wildman–Crippen MR) is 55.4 cm³/mol. The van der Waals surface area contributed by atoms with Crippen LogP contribution in [0.5, 0.6) is 0 Å². The number of rotatable bonds is 0. The lowest BCUT2D eigenvalue weighted by atomic mass is 9.52. The van der Waals surface area contributed by atoms with Gasteiger partial charge in [0.15, 0.2) is 0 Å². The van der Waals surface area contributed by atoms with Crippen LogP contribution in [-0.2, 0) is 0 Å². The Balaban J connectivity index is 1.77. The minimum absolute atomic E-state index is 1.01. The van der Waals surface area contributed by atoms with E-state index in [9.17, 15) is 0 Å². The summed E-state index contributed by atoms with van der Waals surface area (Å²) in [5, 5.41) is 0. The van der Waals surface area contributed by atoms with E-state index in [4.69, 9.17) is 0 Å². The maximum Gasteiger partial charge on any atom is -0.0171 e. The van der Waals surface area contributed by atoms with Crippen molar-refractivity contribution in [3.63, 3.8) is 0 Å². The molecular formula is C13H20. The van der Waals surface area contributed by atoms with Crippen molar-refractivity contribution in [3.05, 3.63) is 12.2 Å². The maximum absolute atomic E-state index is 2.54. The summed E-state index contributed by atoms with van der Waals surface area (Å²) in [4.78, 5) is 0. The summed E-state index contributed by atoms with van der Waals surface area (Å²) in [6, 6.07) is 0. The molecule has 0 aromatic carbocycles. The Bertz CT molecular complexity index is 216. The number of allylic oxidation sites excluding steroid dienone is 2. The average molecular weight is 176 g/mol. The van der Waals surface area contributed by atoms with Gasteiger partial charge in [-0.25, -0.2) is 0 Å². The molecule has 0 spiro atoms. The molecule has 2 saturated carbocycles. The van der Waals surface area contributed by atoms with Gasteiger partial charge < -0.3 is 0 Å². The third-order valence-corrected chi connectivity index (χ3v) is 4.69. The molecule has 0 N–H and O–H groups in total. The van der Waals surface area contributed by atoms with Crippen LogP contribution in [-0.4, -0.2) is 0 Å². The van der Waals surface area contributed by atoms with E-state index in [1.165, 1.54) is 38.5 Å². The fraction of sp³-hybridized carbons (Fsp3) is 0.846. The molecule has 0 heteroatoms. The first-order valence-corrected chi connectivity index (χ1v) is 6.13. The Kier molecular flexibility index (Phi) is 1.96. The molecular weight excluding hydrogens is 156 g/mol. The molecule has 72 valence electrons. The summed E-state index contributed by atoms with van der Waals surface area (Å²) in [6.07, 6.45) is 15.5. The van der Waals surface area contributed by atoms with Crippen molar-refractivity contribution in [1.82, 2.24) is 0 Å². The van der Waals surface area contributed by atoms with Gasteiger partial charge in [0.2, 0.25) is 0 Å². The van der Waals surface area contributed by atoms with Crippen LogP contribution < -0.4 is 0 Å². The second kappa shape index (κ2) is 3.15. The van der Waals surface area contributed by atoms with Crippen LogP contribution in [0.3, 0.4) is 0 Å². The van der Waals surface area contributed by atoms with Crippen molar-refractivity contribution in [2.24, 2.45) is 23.7 Å². The van der Waals surface area contributed by atoms with Gasteiger partial charge in [-0.2, -0.15) is 0 Å². The lowest BCUT2D eigenvalue weighted by molar-refractivity contribution is -0.00667. The highest BCUT2D eigenvalue weighted by molar-refractivity contribution is 5.10. The van der Waals surface area contributed by atoms with Gasteiger partial charge in [0, 0.05) is 0 Å². The average Bonchev–Trinajstić information content (AvgIpc) is 2.37. The topological polar surface area (TPSA) is 0 Å². The molecule has 0 nitrogen and oxygen atoms in total. The van der Waals surface area contributed by atoms with Crippen molar-refractivity contribution >= 4 is 0 Å². The smallest absolute Gasteiger partial charge is 0.0171 e. The van der Waals surface area contributed by atoms with E-state index in [-0.39, 0.29) is 0 Å². The van der Waals surface area contributed by atoms with Gasteiger partial charge in [0.05, 0.1) is 0 Å². The zero-order valence-electron chi connectivity index (χ0n) is 8.41. The van der Waals surface area contributed by atoms with E-state index >= 15 is 0 Å². The zero-order valence-corrected chi connectivity index (χ0v) is 8.41. The second-order valence-electron chi connectivity index (χ2n) is 5.21. The van der Waals surface area contributed by atoms with E-state index in [2.05, 4.69) is 12.2 Å². The Morgan fingerprint density at radius 3 is 2.46 bits per heavy atom. The molecule has 0 amide bonds. The van der Waals surface area contributed by atoms with E-state index in [0.29, 0.717) is 0 Å². The number of fused-ring (bicyclic) bond motifs is 4. The molecule has 4 atom stereocenters. The monoisotopic (exact) mass is 176 g/mol. The van der Waals surface area contributed by atoms with Crippen molar-refractivity contribution in [3.8, 4) is 0 Å². The van der Waals surface area contributed by atoms with Gasteiger partial charge in [0.1, 0.15) is 0 Å². The van der Waals surface area contributed by atoms with E-state index in [1.807, 2.05) is 0 Å². The Morgan fingerprint density at radius 2 is 1.54 bits per heavy atom. The molecule has 0 heterocycles. The Hall–Kier alpha value is -0.260. The van der Waals surface area contributed by atoms with Gasteiger partial charge in [-0.3, -0.25) is 0 Å². The van der Waals surface area contributed by atoms with E-state index in [1.54, 1.807) is 6.42 Å². The molecule has 3 rings (SSSR count). The third-order valence-electron chi connectivity index (χ3n) is 4.69. The fourth-order valence-corrected chi connectivity index (χ4v) is 4.07. The van der Waals surface area contributed by atoms with Crippen molar-refractivity contribution in [1.29, 1.82) is 0 Å². The summed E-state index contributed by atoms with van der Waals surface area (Å²) in [6.45, 7) is 0. The summed E-state index contributed by atoms with van der Waals surface area (Å²) < 4.78 is 0. The highest BCUT2D eigenvalue weighted by atomic mass is 14.5. The van der Waals surface area contributed by atoms with Gasteiger partial charge in [-0.1, -0.05) is 31.4 Å². The highest BCUT2D eigenvalue weighted by Crippen LogP contribution is 2.56. The highest BCUT2D eigenvalue weighted by Gasteiger charge is 2.48. The van der Waals surface area contributed by atoms with Crippen LogP contribution >= 0.6 is 0 Å². The lowest BCUT2D eigenvalue weighted by Gasteiger charge is -2.52. The molecule has 3 aliphatic rings. The Labute approximate surface area is 81.4 Å². The van der Waals surface area contributed by atoms with Crippen LogP contribution in [0, 0.1) is 23.7 Å². The van der Waals surface area contributed by atoms with Gasteiger partial charge in [0.25, 0.3) is 0 Å². The summed E-state index contributed by atoms with van der Waals surface area (Å²) in [7, 11) is 0. The minimum atomic E-state index is 1.01. The first-order valence-electron chi connectivity index (χ1n) is 6.13. The zero-order chi connectivity index (χ0) is 8.67. The van der Waals surface area contributed by atoms with Crippen LogP contribution in [0.15, 0.2) is 12.2 Å². The molecule has 0 aromatic heterocycles. The molecule has 0 aliphatic heterocycles. The normalized spacial score (nSPS) is 48.6. The second-order valence-corrected chi connectivity index (χ2v) is 5.21. The predicted octanol–water partition coefficient (Wildman–Crippen LogP) is 3.78. The van der Waals surface area contributed by atoms with Crippen LogP contribution in [0.4, 0.5) is 0 Å². The SMILES string of the molecule is C1=C[C@H]2[C@@H](CC1)[C@H]1CCCCC[C@@H]21. The molecule has 0 unspecified atom stereocenters. The molecule has 13 heavy (non-hydrogen) atoms. The Morgan fingerprint density at radius 1 is 0.769 bits per heavy atom. The van der Waals surface area contributed by atoms with Crippen molar-refractivity contribution in [2.45, 2.75) is 44.9 Å². The molecule has 0 radical (unpaired) electrons. The largest absolute Gasteiger partial charge is 0.0882 e. The third kappa shape index (κ3) is 1.18. The van der Waals surface area contributed by atoms with Crippen LogP contribution in [0.2, 0.25) is 0 Å². The summed E-state index contributed by atoms with van der Waals surface area (Å²) >= 11 is 0. The first kappa shape index (κ1) is 8.08. The van der Waals surface area contributed by atoms with E-state index < -0.39 is 0 Å². The first-order chi connectivity index (χ1) is 6.47. The molecule has 2 fully saturated rings. The van der Waals surface area contributed by atoms with Gasteiger partial charge >= 0.3 is 0 Å². The van der Waals surface area contributed by atoms with Crippen molar-refractivity contribution < 1.29 is 0 Å². The van der Waals surface area contributed by atoms with Gasteiger partial charge in [-0.15, -0.1) is 0 Å². The van der Waals surface area contributed by atoms with Crippen molar-refractivity contribution in [2.75, 3.05) is 0 Å². The number of hydrogen-bond acceptors (Lipinski definition) is 0. The maximum atomic E-state index is 2.54. The van der Waals surface area contributed by atoms with Crippen LogP contribution in [0.1, 0.15) is 44.9 Å². The summed E-state index contributed by atoms with van der Waals surface area (Å²) in [5.74, 6) is 4.35. The van der Waals surface area contributed by atoms with E-state index in [0.717, 1.165) is 23.7 Å². The lowest BCUT2D eigenvalue weighted by Crippen LogP contribution is -2.46. The standard InChI is InChI=1S/C13H20/c1-2-6-10-11(7-3-1)13-9-5-4-8-12(10)13/h4,8,10-13H,1-3,5-7,9H2/t10-,11+,12-,13+/m1/s1.